The van der Waals surface area contributed by atoms with Crippen molar-refractivity contribution in [1.82, 2.24) is 0 Å². The first kappa shape index (κ1) is 19.2. The lowest BCUT2D eigenvalue weighted by molar-refractivity contribution is -0.131. The highest BCUT2D eigenvalue weighted by atomic mass is 16.4. The van der Waals surface area contributed by atoms with Crippen molar-refractivity contribution in [3.05, 3.63) is 23.3 Å². The molecule has 1 saturated carbocycles. The van der Waals surface area contributed by atoms with Gasteiger partial charge < -0.3 is 15.3 Å². The van der Waals surface area contributed by atoms with Crippen molar-refractivity contribution in [3.8, 4) is 0 Å². The quantitative estimate of drug-likeness (QED) is 0.542. The van der Waals surface area contributed by atoms with E-state index in [2.05, 4.69) is 19.9 Å². The number of rotatable bonds is 4. The third-order valence-corrected chi connectivity index (χ3v) is 6.74. The summed E-state index contributed by atoms with van der Waals surface area (Å²) in [6.45, 7) is 10.4. The van der Waals surface area contributed by atoms with E-state index in [0.717, 1.165) is 24.8 Å². The molecule has 0 aliphatic heterocycles. The maximum Gasteiger partial charge on any atom is 0.328 e. The van der Waals surface area contributed by atoms with Gasteiger partial charge in [-0.25, -0.2) is 4.79 Å². The molecule has 0 aromatic carbocycles. The highest BCUT2D eigenvalue weighted by Gasteiger charge is 2.53. The van der Waals surface area contributed by atoms with Crippen LogP contribution in [0.15, 0.2) is 23.3 Å². The van der Waals surface area contributed by atoms with Gasteiger partial charge in [-0.2, -0.15) is 0 Å². The molecule has 0 heterocycles. The van der Waals surface area contributed by atoms with Gasteiger partial charge in [0.25, 0.3) is 0 Å². The maximum atomic E-state index is 10.9. The number of carbonyl (C=O) groups is 1. The van der Waals surface area contributed by atoms with Gasteiger partial charge in [-0.15, -0.1) is 0 Å². The topological polar surface area (TPSA) is 77.8 Å². The normalized spacial score (nSPS) is 39.1. The summed E-state index contributed by atoms with van der Waals surface area (Å²) in [5.74, 6) is -0.207. The number of allylic oxidation sites excluding steroid dienone is 2. The largest absolute Gasteiger partial charge is 0.478 e. The van der Waals surface area contributed by atoms with Gasteiger partial charge in [0, 0.05) is 11.5 Å². The first-order valence-corrected chi connectivity index (χ1v) is 8.97. The van der Waals surface area contributed by atoms with E-state index >= 15 is 0 Å². The summed E-state index contributed by atoms with van der Waals surface area (Å²) in [6, 6.07) is 0. The minimum Gasteiger partial charge on any atom is -0.478 e. The summed E-state index contributed by atoms with van der Waals surface area (Å²) in [4.78, 5) is 10.9. The van der Waals surface area contributed by atoms with Gasteiger partial charge in [0.2, 0.25) is 0 Å². The van der Waals surface area contributed by atoms with Crippen LogP contribution in [-0.2, 0) is 4.79 Å². The van der Waals surface area contributed by atoms with E-state index in [1.54, 1.807) is 0 Å². The number of carboxylic acid groups (broad SMARTS) is 1. The van der Waals surface area contributed by atoms with Crippen LogP contribution >= 0.6 is 0 Å². The lowest BCUT2D eigenvalue weighted by Crippen LogP contribution is -2.54. The predicted octanol–water partition coefficient (Wildman–Crippen LogP) is 3.54. The molecule has 5 atom stereocenters. The van der Waals surface area contributed by atoms with E-state index in [4.69, 9.17) is 5.11 Å². The first-order valence-electron chi connectivity index (χ1n) is 8.97. The van der Waals surface area contributed by atoms with Crippen LogP contribution in [0.2, 0.25) is 0 Å². The van der Waals surface area contributed by atoms with Crippen LogP contribution in [0.25, 0.3) is 0 Å². The third-order valence-electron chi connectivity index (χ3n) is 6.74. The first-order chi connectivity index (χ1) is 11.0. The van der Waals surface area contributed by atoms with Crippen molar-refractivity contribution in [2.75, 3.05) is 0 Å². The van der Waals surface area contributed by atoms with Crippen LogP contribution < -0.4 is 0 Å². The standard InChI is InChI=1S/C20H32O4/c1-12(10-17(22)23)8-9-20(5)13(2)6-7-14-15(20)11-16(21)18(24)19(14,3)4/h7,10,13,15-16,18,21,24H,6,8-9,11H2,1-5H3,(H,22,23)/t13-,15+,16-,18-,20+/m1/s1. The van der Waals surface area contributed by atoms with Crippen LogP contribution in [0.5, 0.6) is 0 Å². The van der Waals surface area contributed by atoms with Crippen molar-refractivity contribution in [2.45, 2.75) is 72.5 Å². The summed E-state index contributed by atoms with van der Waals surface area (Å²) < 4.78 is 0. The van der Waals surface area contributed by atoms with E-state index in [1.165, 1.54) is 11.6 Å². The average Bonchev–Trinajstić information content (AvgIpc) is 2.47. The number of hydrogen-bond acceptors (Lipinski definition) is 3. The number of hydrogen-bond donors (Lipinski definition) is 3. The molecule has 4 heteroatoms. The highest BCUT2D eigenvalue weighted by Crippen LogP contribution is 2.58. The van der Waals surface area contributed by atoms with Crippen LogP contribution in [0.1, 0.15) is 60.3 Å². The Hall–Kier alpha value is -1.13. The lowest BCUT2D eigenvalue weighted by atomic mass is 9.50. The summed E-state index contributed by atoms with van der Waals surface area (Å²) in [7, 11) is 0. The van der Waals surface area contributed by atoms with Crippen LogP contribution in [-0.4, -0.2) is 33.5 Å². The van der Waals surface area contributed by atoms with Gasteiger partial charge in [0.1, 0.15) is 0 Å². The summed E-state index contributed by atoms with van der Waals surface area (Å²) in [5, 5.41) is 29.7. The van der Waals surface area contributed by atoms with E-state index in [1.807, 2.05) is 20.8 Å². The number of fused-ring (bicyclic) bond motifs is 1. The SMILES string of the molecule is CC(=CC(=O)O)CC[C@@]1(C)[C@H](C)CC=C2[C@@H]1C[C@@H](O)[C@@H](O)C2(C)C. The van der Waals surface area contributed by atoms with Crippen molar-refractivity contribution in [2.24, 2.45) is 22.7 Å². The zero-order valence-electron chi connectivity index (χ0n) is 15.5. The van der Waals surface area contributed by atoms with E-state index in [0.29, 0.717) is 12.3 Å². The molecule has 4 nitrogen and oxygen atoms in total. The molecule has 0 bridgehead atoms. The molecule has 0 unspecified atom stereocenters. The van der Waals surface area contributed by atoms with Gasteiger partial charge in [-0.3, -0.25) is 0 Å². The zero-order chi connectivity index (χ0) is 18.3. The monoisotopic (exact) mass is 336 g/mol. The fourth-order valence-electron chi connectivity index (χ4n) is 4.71. The molecule has 3 N–H and O–H groups in total. The second-order valence-electron chi connectivity index (χ2n) is 8.65. The Morgan fingerprint density at radius 1 is 1.33 bits per heavy atom. The molecule has 136 valence electrons. The summed E-state index contributed by atoms with van der Waals surface area (Å²) in [6.07, 6.45) is 5.31. The molecule has 1 fully saturated rings. The second-order valence-corrected chi connectivity index (χ2v) is 8.65. The molecule has 0 amide bonds. The van der Waals surface area contributed by atoms with Gasteiger partial charge in [-0.1, -0.05) is 44.9 Å². The Labute approximate surface area is 145 Å². The molecule has 0 spiro atoms. The molecule has 0 aromatic heterocycles. The number of aliphatic hydroxyl groups excluding tert-OH is 2. The molecule has 2 rings (SSSR count). The molecule has 0 aromatic rings. The molecule has 0 saturated heterocycles. The van der Waals surface area contributed by atoms with Crippen LogP contribution in [0, 0.1) is 22.7 Å². The van der Waals surface area contributed by atoms with Crippen LogP contribution in [0.4, 0.5) is 0 Å². The number of carboxylic acids is 1. The molecule has 24 heavy (non-hydrogen) atoms. The number of aliphatic carboxylic acids is 1. The maximum absolute atomic E-state index is 10.9. The fourth-order valence-corrected chi connectivity index (χ4v) is 4.71. The Balaban J connectivity index is 2.29. The summed E-state index contributed by atoms with van der Waals surface area (Å²) in [5.41, 5.74) is 1.72. The molecule has 2 aliphatic rings. The minimum absolute atomic E-state index is 0.00389. The Morgan fingerprint density at radius 2 is 1.96 bits per heavy atom. The minimum atomic E-state index is -0.896. The van der Waals surface area contributed by atoms with Crippen molar-refractivity contribution < 1.29 is 20.1 Å². The highest BCUT2D eigenvalue weighted by molar-refractivity contribution is 5.80. The smallest absolute Gasteiger partial charge is 0.328 e. The Morgan fingerprint density at radius 3 is 2.54 bits per heavy atom. The molecule has 0 radical (unpaired) electrons. The third kappa shape index (κ3) is 3.31. The zero-order valence-corrected chi connectivity index (χ0v) is 15.5. The predicted molar refractivity (Wildman–Crippen MR) is 94.5 cm³/mol. The summed E-state index contributed by atoms with van der Waals surface area (Å²) >= 11 is 0. The van der Waals surface area contributed by atoms with E-state index < -0.39 is 23.6 Å². The van der Waals surface area contributed by atoms with Crippen LogP contribution in [0.3, 0.4) is 0 Å². The number of aliphatic hydroxyl groups is 2. The van der Waals surface area contributed by atoms with Gasteiger partial charge >= 0.3 is 5.97 Å². The van der Waals surface area contributed by atoms with E-state index in [-0.39, 0.29) is 11.3 Å². The van der Waals surface area contributed by atoms with Gasteiger partial charge in [0.15, 0.2) is 0 Å². The Kier molecular flexibility index (Phi) is 5.31. The average molecular weight is 336 g/mol. The van der Waals surface area contributed by atoms with Gasteiger partial charge in [-0.05, 0) is 49.9 Å². The van der Waals surface area contributed by atoms with E-state index in [9.17, 15) is 15.0 Å². The molecular weight excluding hydrogens is 304 g/mol. The fraction of sp³-hybridized carbons (Fsp3) is 0.750. The van der Waals surface area contributed by atoms with Gasteiger partial charge in [0.05, 0.1) is 12.2 Å². The second kappa shape index (κ2) is 6.64. The van der Waals surface area contributed by atoms with Crippen molar-refractivity contribution in [3.63, 3.8) is 0 Å². The molecule has 2 aliphatic carbocycles. The van der Waals surface area contributed by atoms with Crippen molar-refractivity contribution >= 4 is 5.97 Å². The van der Waals surface area contributed by atoms with Crippen molar-refractivity contribution in [1.29, 1.82) is 0 Å². The molecular formula is C20H32O4. The Bertz CT molecular complexity index is 560. The lowest BCUT2D eigenvalue weighted by Gasteiger charge is -2.55.